The van der Waals surface area contributed by atoms with E-state index in [4.69, 9.17) is 14.2 Å². The van der Waals surface area contributed by atoms with Gasteiger partial charge in [-0.2, -0.15) is 0 Å². The molecule has 0 aromatic rings. The second-order valence-corrected chi connectivity index (χ2v) is 6.11. The van der Waals surface area contributed by atoms with Gasteiger partial charge < -0.3 is 14.2 Å². The smallest absolute Gasteiger partial charge is 0.146 e. The average Bonchev–Trinajstić information content (AvgIpc) is 3.00. The first kappa shape index (κ1) is 17.4. The molecule has 0 bridgehead atoms. The van der Waals surface area contributed by atoms with Gasteiger partial charge in [-0.25, -0.2) is 0 Å². The number of ether oxygens (including phenoxy) is 3. The Kier molecular flexibility index (Phi) is 7.49. The van der Waals surface area contributed by atoms with E-state index in [1.54, 1.807) is 7.11 Å². The first-order chi connectivity index (χ1) is 9.48. The fourth-order valence-corrected chi connectivity index (χ4v) is 2.26. The molecule has 0 N–H and O–H groups in total. The number of methoxy groups -OCH3 is 1. The van der Waals surface area contributed by atoms with Gasteiger partial charge in [0.05, 0.1) is 12.2 Å². The zero-order valence-corrected chi connectivity index (χ0v) is 13.7. The summed E-state index contributed by atoms with van der Waals surface area (Å²) in [7, 11) is 1.63. The van der Waals surface area contributed by atoms with Crippen molar-refractivity contribution in [3.63, 3.8) is 0 Å². The lowest BCUT2D eigenvalue weighted by atomic mass is 10.00. The van der Waals surface area contributed by atoms with Crippen LogP contribution in [0.1, 0.15) is 53.4 Å². The van der Waals surface area contributed by atoms with E-state index in [2.05, 4.69) is 39.8 Å². The molecule has 3 heteroatoms. The summed E-state index contributed by atoms with van der Waals surface area (Å²) in [5, 5.41) is 0. The van der Waals surface area contributed by atoms with Gasteiger partial charge in [0.1, 0.15) is 12.9 Å². The van der Waals surface area contributed by atoms with Crippen molar-refractivity contribution in [3.8, 4) is 0 Å². The van der Waals surface area contributed by atoms with Crippen molar-refractivity contribution < 1.29 is 14.2 Å². The van der Waals surface area contributed by atoms with Crippen LogP contribution in [0.5, 0.6) is 0 Å². The lowest BCUT2D eigenvalue weighted by molar-refractivity contribution is -0.0352. The van der Waals surface area contributed by atoms with Gasteiger partial charge in [-0.15, -0.1) is 0 Å². The van der Waals surface area contributed by atoms with Gasteiger partial charge in [0.25, 0.3) is 0 Å². The van der Waals surface area contributed by atoms with Crippen LogP contribution in [-0.4, -0.2) is 32.2 Å². The highest BCUT2D eigenvalue weighted by Crippen LogP contribution is 2.40. The van der Waals surface area contributed by atoms with Gasteiger partial charge >= 0.3 is 0 Å². The summed E-state index contributed by atoms with van der Waals surface area (Å²) in [4.78, 5) is 0. The molecule has 1 saturated heterocycles. The highest BCUT2D eigenvalue weighted by molar-refractivity contribution is 5.05. The molecule has 116 valence electrons. The molecule has 1 fully saturated rings. The van der Waals surface area contributed by atoms with Crippen molar-refractivity contribution in [2.75, 3.05) is 20.5 Å². The van der Waals surface area contributed by atoms with Crippen LogP contribution >= 0.6 is 0 Å². The van der Waals surface area contributed by atoms with E-state index in [1.165, 1.54) is 11.1 Å². The fourth-order valence-electron chi connectivity index (χ4n) is 2.26. The zero-order chi connectivity index (χ0) is 15.0. The van der Waals surface area contributed by atoms with E-state index >= 15 is 0 Å². The minimum Gasteiger partial charge on any atom is -0.364 e. The average molecular weight is 282 g/mol. The van der Waals surface area contributed by atoms with Crippen LogP contribution in [0.25, 0.3) is 0 Å². The maximum absolute atomic E-state index is 5.73. The number of hydrogen-bond acceptors (Lipinski definition) is 3. The molecule has 1 aliphatic heterocycles. The SMILES string of the molecule is COCOC[C@H]1O[C@]1(C)CC/C=C(\C)CCC=C(C)C. The largest absolute Gasteiger partial charge is 0.364 e. The molecular weight excluding hydrogens is 252 g/mol. The minimum absolute atomic E-state index is 0.00440. The van der Waals surface area contributed by atoms with Gasteiger partial charge in [0.2, 0.25) is 0 Å². The molecule has 0 radical (unpaired) electrons. The van der Waals surface area contributed by atoms with Crippen molar-refractivity contribution in [1.82, 2.24) is 0 Å². The van der Waals surface area contributed by atoms with E-state index in [0.717, 1.165) is 25.7 Å². The summed E-state index contributed by atoms with van der Waals surface area (Å²) in [5.41, 5.74) is 2.87. The van der Waals surface area contributed by atoms with Crippen molar-refractivity contribution in [2.24, 2.45) is 0 Å². The van der Waals surface area contributed by atoms with Crippen LogP contribution in [0.15, 0.2) is 23.3 Å². The standard InChI is InChI=1S/C17H30O3/c1-14(2)8-6-9-15(3)10-7-11-17(4)16(20-17)12-19-13-18-5/h8,10,16H,6-7,9,11-13H2,1-5H3/b15-10+/t16-,17-/m1/s1. The van der Waals surface area contributed by atoms with E-state index in [1.807, 2.05) is 0 Å². The minimum atomic E-state index is 0.00440. The Labute approximate surface area is 124 Å². The van der Waals surface area contributed by atoms with Gasteiger partial charge in [0, 0.05) is 7.11 Å². The summed E-state index contributed by atoms with van der Waals surface area (Å²) >= 11 is 0. The number of allylic oxidation sites excluding steroid dienone is 4. The lowest BCUT2D eigenvalue weighted by Gasteiger charge is -2.05. The van der Waals surface area contributed by atoms with E-state index < -0.39 is 0 Å². The summed E-state index contributed by atoms with van der Waals surface area (Å²) in [6.45, 7) is 9.66. The molecule has 0 amide bonds. The number of epoxide rings is 1. The Bertz CT molecular complexity index is 342. The van der Waals surface area contributed by atoms with Crippen molar-refractivity contribution in [1.29, 1.82) is 0 Å². The van der Waals surface area contributed by atoms with Gasteiger partial charge in [-0.1, -0.05) is 23.3 Å². The van der Waals surface area contributed by atoms with Crippen molar-refractivity contribution in [2.45, 2.75) is 65.1 Å². The van der Waals surface area contributed by atoms with E-state index in [-0.39, 0.29) is 11.7 Å². The third-order valence-electron chi connectivity index (χ3n) is 3.73. The molecule has 1 rings (SSSR count). The van der Waals surface area contributed by atoms with Gasteiger partial charge in [-0.05, 0) is 53.4 Å². The lowest BCUT2D eigenvalue weighted by Crippen LogP contribution is -2.14. The summed E-state index contributed by atoms with van der Waals surface area (Å²) in [6.07, 6.45) is 9.32. The zero-order valence-electron chi connectivity index (χ0n) is 13.7. The second kappa shape index (κ2) is 8.60. The van der Waals surface area contributed by atoms with Crippen molar-refractivity contribution in [3.05, 3.63) is 23.3 Å². The Morgan fingerprint density at radius 2 is 1.95 bits per heavy atom. The monoisotopic (exact) mass is 282 g/mol. The Morgan fingerprint density at radius 1 is 1.20 bits per heavy atom. The van der Waals surface area contributed by atoms with Crippen LogP contribution in [-0.2, 0) is 14.2 Å². The van der Waals surface area contributed by atoms with Crippen LogP contribution in [0.3, 0.4) is 0 Å². The van der Waals surface area contributed by atoms with Crippen LogP contribution in [0.2, 0.25) is 0 Å². The molecular formula is C17H30O3. The van der Waals surface area contributed by atoms with E-state index in [0.29, 0.717) is 13.4 Å². The predicted molar refractivity (Wildman–Crippen MR) is 82.8 cm³/mol. The summed E-state index contributed by atoms with van der Waals surface area (Å²) in [6, 6.07) is 0. The maximum Gasteiger partial charge on any atom is 0.146 e. The van der Waals surface area contributed by atoms with E-state index in [9.17, 15) is 0 Å². The molecule has 20 heavy (non-hydrogen) atoms. The third-order valence-corrected chi connectivity index (χ3v) is 3.73. The highest BCUT2D eigenvalue weighted by atomic mass is 16.7. The highest BCUT2D eigenvalue weighted by Gasteiger charge is 2.51. The molecule has 0 aromatic carbocycles. The first-order valence-electron chi connectivity index (χ1n) is 7.51. The third kappa shape index (κ3) is 6.69. The van der Waals surface area contributed by atoms with Crippen LogP contribution in [0.4, 0.5) is 0 Å². The second-order valence-electron chi connectivity index (χ2n) is 6.11. The molecule has 0 unspecified atom stereocenters. The Morgan fingerprint density at radius 3 is 2.60 bits per heavy atom. The number of hydrogen-bond donors (Lipinski definition) is 0. The molecule has 1 heterocycles. The molecule has 1 aliphatic rings. The first-order valence-corrected chi connectivity index (χ1v) is 7.51. The molecule has 3 nitrogen and oxygen atoms in total. The summed E-state index contributed by atoms with van der Waals surface area (Å²) in [5.74, 6) is 0. The summed E-state index contributed by atoms with van der Waals surface area (Å²) < 4.78 is 15.9. The normalized spacial score (nSPS) is 25.6. The van der Waals surface area contributed by atoms with Gasteiger partial charge in [-0.3, -0.25) is 0 Å². The Hall–Kier alpha value is -0.640. The Balaban J connectivity index is 2.15. The molecule has 0 aliphatic carbocycles. The molecule has 2 atom stereocenters. The topological polar surface area (TPSA) is 31.0 Å². The fraction of sp³-hybridized carbons (Fsp3) is 0.765. The molecule has 0 saturated carbocycles. The molecule has 0 aromatic heterocycles. The quantitative estimate of drug-likeness (QED) is 0.260. The predicted octanol–water partition coefficient (Wildman–Crippen LogP) is 4.24. The van der Waals surface area contributed by atoms with Crippen LogP contribution < -0.4 is 0 Å². The van der Waals surface area contributed by atoms with Gasteiger partial charge in [0.15, 0.2) is 0 Å². The van der Waals surface area contributed by atoms with Crippen LogP contribution in [0, 0.1) is 0 Å². The maximum atomic E-state index is 5.73. The molecule has 0 spiro atoms. The van der Waals surface area contributed by atoms with Crippen molar-refractivity contribution >= 4 is 0 Å². The number of rotatable bonds is 10.